The molecule has 0 aliphatic rings. The molecule has 0 saturated heterocycles. The summed E-state index contributed by atoms with van der Waals surface area (Å²) in [6, 6.07) is 11.9. The Hall–Kier alpha value is -3.74. The van der Waals surface area contributed by atoms with Gasteiger partial charge in [0, 0.05) is 31.7 Å². The fraction of sp³-hybridized carbons (Fsp3) is 0.400. The molecule has 3 rings (SSSR count). The number of methoxy groups -OCH3 is 2. The van der Waals surface area contributed by atoms with Gasteiger partial charge in [-0.25, -0.2) is 4.39 Å². The van der Waals surface area contributed by atoms with Crippen molar-refractivity contribution < 1.29 is 23.3 Å². The highest BCUT2D eigenvalue weighted by molar-refractivity contribution is 5.49. The summed E-state index contributed by atoms with van der Waals surface area (Å²) in [7, 11) is 3.19. The summed E-state index contributed by atoms with van der Waals surface area (Å²) >= 11 is 0. The first-order valence-electron chi connectivity index (χ1n) is 11.9. The van der Waals surface area contributed by atoms with Crippen LogP contribution in [0.1, 0.15) is 11.1 Å². The number of ether oxygens (including phenoxy) is 4. The number of anilines is 3. The van der Waals surface area contributed by atoms with Gasteiger partial charge in [0.15, 0.2) is 11.5 Å². The number of hydrogen-bond donors (Lipinski definition) is 4. The Labute approximate surface area is 215 Å². The zero-order valence-corrected chi connectivity index (χ0v) is 21.1. The van der Waals surface area contributed by atoms with Gasteiger partial charge in [0.25, 0.3) is 0 Å². The van der Waals surface area contributed by atoms with Crippen LogP contribution in [-0.2, 0) is 22.6 Å². The number of nitrogens with two attached hydrogens (primary N) is 1. The number of nitrogens with zero attached hydrogens (tertiary/aromatic N) is 3. The van der Waals surface area contributed by atoms with Crippen molar-refractivity contribution in [3.05, 3.63) is 59.4 Å². The lowest BCUT2D eigenvalue weighted by molar-refractivity contribution is 0.0547. The summed E-state index contributed by atoms with van der Waals surface area (Å²) < 4.78 is 34.9. The lowest BCUT2D eigenvalue weighted by Gasteiger charge is -2.14. The van der Waals surface area contributed by atoms with Crippen LogP contribution in [0, 0.1) is 5.82 Å². The third kappa shape index (κ3) is 9.33. The van der Waals surface area contributed by atoms with Crippen molar-refractivity contribution in [1.82, 2.24) is 15.0 Å². The van der Waals surface area contributed by atoms with Crippen LogP contribution in [0.2, 0.25) is 0 Å². The standard InChI is InChI=1S/C25H34FN7O4/c1-34-21-5-3-4-19(22(21)35-2)17-30-25-32-23(28-11-13-37-15-14-36-12-10-27)31-24(33-25)29-16-18-6-8-20(26)9-7-18/h3-9H,10-17,27H2,1-2H3,(H3,28,29,30,31,32,33). The van der Waals surface area contributed by atoms with Gasteiger partial charge in [0.05, 0.1) is 40.6 Å². The molecule has 0 fully saturated rings. The molecule has 200 valence electrons. The van der Waals surface area contributed by atoms with E-state index in [2.05, 4.69) is 30.9 Å². The zero-order valence-electron chi connectivity index (χ0n) is 21.1. The Morgan fingerprint density at radius 3 is 2.05 bits per heavy atom. The highest BCUT2D eigenvalue weighted by Crippen LogP contribution is 2.31. The minimum absolute atomic E-state index is 0.289. The van der Waals surface area contributed by atoms with E-state index in [0.717, 1.165) is 11.1 Å². The van der Waals surface area contributed by atoms with Crippen LogP contribution >= 0.6 is 0 Å². The SMILES string of the molecule is COc1cccc(CNc2nc(NCCOCCOCCN)nc(NCc3ccc(F)cc3)n2)c1OC. The van der Waals surface area contributed by atoms with E-state index in [1.807, 2.05) is 18.2 Å². The van der Waals surface area contributed by atoms with Gasteiger partial charge in [-0.05, 0) is 23.8 Å². The molecule has 12 heteroatoms. The van der Waals surface area contributed by atoms with Crippen LogP contribution in [0.4, 0.5) is 22.2 Å². The molecule has 0 radical (unpaired) electrons. The predicted molar refractivity (Wildman–Crippen MR) is 140 cm³/mol. The highest BCUT2D eigenvalue weighted by atomic mass is 19.1. The molecule has 0 saturated carbocycles. The van der Waals surface area contributed by atoms with Crippen LogP contribution < -0.4 is 31.2 Å². The quantitative estimate of drug-likeness (QED) is 0.197. The average Bonchev–Trinajstić information content (AvgIpc) is 2.92. The van der Waals surface area contributed by atoms with E-state index in [9.17, 15) is 4.39 Å². The maximum atomic E-state index is 13.2. The van der Waals surface area contributed by atoms with Gasteiger partial charge >= 0.3 is 0 Å². The molecule has 0 atom stereocenters. The van der Waals surface area contributed by atoms with E-state index >= 15 is 0 Å². The number of nitrogens with one attached hydrogen (secondary N) is 3. The van der Waals surface area contributed by atoms with E-state index in [1.54, 1.807) is 26.4 Å². The van der Waals surface area contributed by atoms with Crippen LogP contribution in [0.15, 0.2) is 42.5 Å². The molecule has 1 heterocycles. The minimum atomic E-state index is -0.289. The zero-order chi connectivity index (χ0) is 26.3. The molecule has 2 aromatic carbocycles. The normalized spacial score (nSPS) is 10.7. The van der Waals surface area contributed by atoms with Crippen LogP contribution in [0.5, 0.6) is 11.5 Å². The van der Waals surface area contributed by atoms with Crippen molar-refractivity contribution in [2.75, 3.05) is 69.7 Å². The number of benzene rings is 2. The maximum Gasteiger partial charge on any atom is 0.229 e. The minimum Gasteiger partial charge on any atom is -0.493 e. The highest BCUT2D eigenvalue weighted by Gasteiger charge is 2.11. The van der Waals surface area contributed by atoms with E-state index < -0.39 is 0 Å². The summed E-state index contributed by atoms with van der Waals surface area (Å²) in [6.45, 7) is 3.70. The van der Waals surface area contributed by atoms with Crippen molar-refractivity contribution in [1.29, 1.82) is 0 Å². The van der Waals surface area contributed by atoms with Gasteiger partial charge in [0.2, 0.25) is 17.8 Å². The summed E-state index contributed by atoms with van der Waals surface area (Å²) in [4.78, 5) is 13.4. The van der Waals surface area contributed by atoms with E-state index in [4.69, 9.17) is 24.7 Å². The smallest absolute Gasteiger partial charge is 0.229 e. The monoisotopic (exact) mass is 515 g/mol. The van der Waals surface area contributed by atoms with Crippen molar-refractivity contribution in [2.24, 2.45) is 5.73 Å². The third-order valence-corrected chi connectivity index (χ3v) is 5.08. The van der Waals surface area contributed by atoms with Gasteiger partial charge in [-0.1, -0.05) is 24.3 Å². The molecule has 0 amide bonds. The third-order valence-electron chi connectivity index (χ3n) is 5.08. The summed E-state index contributed by atoms with van der Waals surface area (Å²) in [6.07, 6.45) is 0. The molecule has 0 spiro atoms. The van der Waals surface area contributed by atoms with E-state index in [-0.39, 0.29) is 5.82 Å². The largest absolute Gasteiger partial charge is 0.493 e. The Morgan fingerprint density at radius 2 is 1.41 bits per heavy atom. The summed E-state index contributed by atoms with van der Waals surface area (Å²) in [5.41, 5.74) is 7.15. The molecular weight excluding hydrogens is 481 g/mol. The second-order valence-corrected chi connectivity index (χ2v) is 7.73. The van der Waals surface area contributed by atoms with Crippen LogP contribution in [-0.4, -0.2) is 68.7 Å². The van der Waals surface area contributed by atoms with E-state index in [1.165, 1.54) is 12.1 Å². The molecule has 11 nitrogen and oxygen atoms in total. The molecule has 0 bridgehead atoms. The van der Waals surface area contributed by atoms with Crippen LogP contribution in [0.3, 0.4) is 0 Å². The van der Waals surface area contributed by atoms with E-state index in [0.29, 0.717) is 82.0 Å². The molecule has 0 aliphatic carbocycles. The first-order chi connectivity index (χ1) is 18.1. The lowest BCUT2D eigenvalue weighted by Crippen LogP contribution is -2.17. The predicted octanol–water partition coefficient (Wildman–Crippen LogP) is 2.66. The number of halogens is 1. The fourth-order valence-corrected chi connectivity index (χ4v) is 3.30. The molecule has 5 N–H and O–H groups in total. The topological polar surface area (TPSA) is 138 Å². The van der Waals surface area contributed by atoms with Gasteiger partial charge in [-0.2, -0.15) is 15.0 Å². The average molecular weight is 516 g/mol. The Bertz CT molecular complexity index is 1090. The lowest BCUT2D eigenvalue weighted by atomic mass is 10.2. The van der Waals surface area contributed by atoms with Crippen molar-refractivity contribution in [3.63, 3.8) is 0 Å². The molecule has 37 heavy (non-hydrogen) atoms. The fourth-order valence-electron chi connectivity index (χ4n) is 3.30. The Balaban J connectivity index is 1.65. The van der Waals surface area contributed by atoms with Gasteiger partial charge < -0.3 is 40.6 Å². The molecular formula is C25H34FN7O4. The Kier molecular flexibility index (Phi) is 11.6. The number of aromatic nitrogens is 3. The van der Waals surface area contributed by atoms with Crippen LogP contribution in [0.25, 0.3) is 0 Å². The second kappa shape index (κ2) is 15.4. The molecule has 3 aromatic rings. The van der Waals surface area contributed by atoms with Crippen molar-refractivity contribution >= 4 is 17.8 Å². The Morgan fingerprint density at radius 1 is 0.757 bits per heavy atom. The maximum absolute atomic E-state index is 13.2. The molecule has 1 aromatic heterocycles. The first kappa shape index (κ1) is 27.8. The number of para-hydroxylation sites is 1. The number of rotatable bonds is 17. The second-order valence-electron chi connectivity index (χ2n) is 7.73. The number of hydrogen-bond acceptors (Lipinski definition) is 11. The molecule has 0 unspecified atom stereocenters. The van der Waals surface area contributed by atoms with Crippen molar-refractivity contribution in [3.8, 4) is 11.5 Å². The summed E-state index contributed by atoms with van der Waals surface area (Å²) in [5.74, 6) is 2.07. The van der Waals surface area contributed by atoms with Gasteiger partial charge in [-0.3, -0.25) is 0 Å². The van der Waals surface area contributed by atoms with Gasteiger partial charge in [-0.15, -0.1) is 0 Å². The molecule has 0 aliphatic heterocycles. The first-order valence-corrected chi connectivity index (χ1v) is 11.9. The van der Waals surface area contributed by atoms with Crippen molar-refractivity contribution in [2.45, 2.75) is 13.1 Å². The summed E-state index contributed by atoms with van der Waals surface area (Å²) in [5, 5.41) is 9.53. The van der Waals surface area contributed by atoms with Gasteiger partial charge in [0.1, 0.15) is 5.82 Å².